The molecule has 0 aliphatic rings. The molecule has 164 valence electrons. The number of pyridine rings is 1. The molecule has 0 fully saturated rings. The van der Waals surface area contributed by atoms with Crippen LogP contribution in [0.4, 0.5) is 14.6 Å². The van der Waals surface area contributed by atoms with E-state index in [1.807, 2.05) is 0 Å². The van der Waals surface area contributed by atoms with Crippen molar-refractivity contribution in [3.05, 3.63) is 42.1 Å². The number of halogens is 2. The molecule has 1 heterocycles. The highest BCUT2D eigenvalue weighted by atomic mass is 32.2. The van der Waals surface area contributed by atoms with Crippen molar-refractivity contribution in [3.63, 3.8) is 0 Å². The molecular formula is C22H28F2N2O3S. The van der Waals surface area contributed by atoms with E-state index in [0.717, 1.165) is 42.7 Å². The van der Waals surface area contributed by atoms with Gasteiger partial charge in [-0.05, 0) is 30.5 Å². The van der Waals surface area contributed by atoms with E-state index in [1.165, 1.54) is 17.8 Å². The predicted octanol–water partition coefficient (Wildman–Crippen LogP) is 5.98. The van der Waals surface area contributed by atoms with Crippen molar-refractivity contribution in [1.82, 2.24) is 4.98 Å². The molecule has 0 bridgehead atoms. The Hall–Kier alpha value is -2.35. The van der Waals surface area contributed by atoms with Crippen LogP contribution >= 0.6 is 11.8 Å². The van der Waals surface area contributed by atoms with Crippen LogP contribution in [-0.2, 0) is 9.53 Å². The van der Waals surface area contributed by atoms with E-state index in [9.17, 15) is 13.6 Å². The van der Waals surface area contributed by atoms with Crippen LogP contribution in [-0.4, -0.2) is 23.3 Å². The number of nitrogens with two attached hydrogens (primary N) is 1. The fraction of sp³-hybridized carbons (Fsp3) is 0.455. The highest BCUT2D eigenvalue weighted by Gasteiger charge is 2.12. The van der Waals surface area contributed by atoms with Crippen LogP contribution in [0.1, 0.15) is 46.0 Å². The Kier molecular flexibility index (Phi) is 9.86. The maximum Gasteiger partial charge on any atom is 0.306 e. The molecule has 2 N–H and O–H groups in total. The molecule has 2 aromatic rings. The van der Waals surface area contributed by atoms with Crippen molar-refractivity contribution in [2.45, 2.75) is 50.8 Å². The summed E-state index contributed by atoms with van der Waals surface area (Å²) in [5.74, 6) is -0.791. The van der Waals surface area contributed by atoms with Crippen LogP contribution in [0.15, 0.2) is 35.4 Å². The summed E-state index contributed by atoms with van der Waals surface area (Å²) in [5.41, 5.74) is 5.81. The van der Waals surface area contributed by atoms with Crippen molar-refractivity contribution >= 4 is 23.5 Å². The summed E-state index contributed by atoms with van der Waals surface area (Å²) in [7, 11) is 0. The van der Waals surface area contributed by atoms with Crippen LogP contribution in [0.5, 0.6) is 11.5 Å². The molecule has 1 unspecified atom stereocenters. The lowest BCUT2D eigenvalue weighted by molar-refractivity contribution is -0.144. The van der Waals surface area contributed by atoms with Gasteiger partial charge in [0.15, 0.2) is 23.2 Å². The molecule has 1 aromatic carbocycles. The summed E-state index contributed by atoms with van der Waals surface area (Å²) in [6.45, 7) is 4.73. The van der Waals surface area contributed by atoms with Crippen LogP contribution < -0.4 is 10.5 Å². The van der Waals surface area contributed by atoms with Crippen LogP contribution in [0.3, 0.4) is 0 Å². The highest BCUT2D eigenvalue weighted by molar-refractivity contribution is 7.99. The molecule has 0 radical (unpaired) electrons. The van der Waals surface area contributed by atoms with Gasteiger partial charge in [-0.15, -0.1) is 11.8 Å². The van der Waals surface area contributed by atoms with Gasteiger partial charge in [-0.25, -0.2) is 13.8 Å². The van der Waals surface area contributed by atoms with Gasteiger partial charge in [0, 0.05) is 22.9 Å². The second-order valence-electron chi connectivity index (χ2n) is 6.93. The Morgan fingerprint density at radius 2 is 2.03 bits per heavy atom. The summed E-state index contributed by atoms with van der Waals surface area (Å²) in [5, 5.41) is 0. The number of ether oxygens (including phenoxy) is 2. The lowest BCUT2D eigenvalue weighted by Crippen LogP contribution is -2.14. The second kappa shape index (κ2) is 12.4. The van der Waals surface area contributed by atoms with Crippen LogP contribution in [0, 0.1) is 17.6 Å². The first kappa shape index (κ1) is 23.9. The number of benzene rings is 1. The first-order chi connectivity index (χ1) is 14.4. The number of aromatic nitrogens is 1. The van der Waals surface area contributed by atoms with Crippen molar-refractivity contribution in [2.75, 3.05) is 18.1 Å². The molecule has 0 aliphatic carbocycles. The number of hydrogen-bond donors (Lipinski definition) is 1. The number of carbonyl (C=O) groups excluding carboxylic acids is 1. The van der Waals surface area contributed by atoms with E-state index < -0.39 is 11.6 Å². The van der Waals surface area contributed by atoms with E-state index in [4.69, 9.17) is 15.2 Å². The minimum Gasteiger partial charge on any atom is -0.465 e. The molecule has 30 heavy (non-hydrogen) atoms. The zero-order valence-corrected chi connectivity index (χ0v) is 18.1. The molecular weight excluding hydrogens is 410 g/mol. The average molecular weight is 439 g/mol. The third-order valence-corrected chi connectivity index (χ3v) is 5.54. The number of rotatable bonds is 12. The lowest BCUT2D eigenvalue weighted by Gasteiger charge is -2.14. The topological polar surface area (TPSA) is 74.4 Å². The van der Waals surface area contributed by atoms with E-state index in [1.54, 1.807) is 12.3 Å². The van der Waals surface area contributed by atoms with Gasteiger partial charge in [0.1, 0.15) is 5.75 Å². The van der Waals surface area contributed by atoms with Crippen LogP contribution in [0.25, 0.3) is 0 Å². The fourth-order valence-corrected chi connectivity index (χ4v) is 3.52. The number of nitrogens with zero attached hydrogens (tertiary/aromatic N) is 1. The maximum absolute atomic E-state index is 13.4. The van der Waals surface area contributed by atoms with E-state index >= 15 is 0 Å². The summed E-state index contributed by atoms with van der Waals surface area (Å²) in [4.78, 5) is 16.8. The third-order valence-electron chi connectivity index (χ3n) is 4.57. The van der Waals surface area contributed by atoms with Gasteiger partial charge >= 0.3 is 5.97 Å². The minimum absolute atomic E-state index is 0.113. The summed E-state index contributed by atoms with van der Waals surface area (Å²) < 4.78 is 37.3. The van der Waals surface area contributed by atoms with Gasteiger partial charge < -0.3 is 15.2 Å². The molecule has 0 aliphatic heterocycles. The number of hydrogen-bond acceptors (Lipinski definition) is 6. The molecule has 1 atom stereocenters. The van der Waals surface area contributed by atoms with Gasteiger partial charge in [0.05, 0.1) is 13.0 Å². The van der Waals surface area contributed by atoms with Gasteiger partial charge in [0.2, 0.25) is 0 Å². The Balaban J connectivity index is 1.83. The van der Waals surface area contributed by atoms with Crippen molar-refractivity contribution in [3.8, 4) is 11.5 Å². The number of thioether (sulfide) groups is 1. The average Bonchev–Trinajstić information content (AvgIpc) is 2.73. The van der Waals surface area contributed by atoms with Gasteiger partial charge in [0.25, 0.3) is 0 Å². The smallest absolute Gasteiger partial charge is 0.306 e. The van der Waals surface area contributed by atoms with Crippen LogP contribution in [0.2, 0.25) is 0 Å². The standard InChI is InChI=1S/C22H28F2N2O3S/c1-3-5-6-15(4-2)14-28-21(27)9-10-30-17-12-20(22(25)26-13-17)29-16-7-8-18(23)19(24)11-16/h7-8,11-13,15H,3-6,9-10,14H2,1-2H3,(H2,25,26). The zero-order valence-electron chi connectivity index (χ0n) is 17.3. The van der Waals surface area contributed by atoms with Gasteiger partial charge in [-0.1, -0.05) is 33.1 Å². The highest BCUT2D eigenvalue weighted by Crippen LogP contribution is 2.31. The predicted molar refractivity (Wildman–Crippen MR) is 115 cm³/mol. The Morgan fingerprint density at radius 3 is 2.73 bits per heavy atom. The Morgan fingerprint density at radius 1 is 1.23 bits per heavy atom. The monoisotopic (exact) mass is 438 g/mol. The summed E-state index contributed by atoms with van der Waals surface area (Å²) >= 11 is 1.41. The number of carbonyl (C=O) groups is 1. The molecule has 0 amide bonds. The normalized spacial score (nSPS) is 11.9. The largest absolute Gasteiger partial charge is 0.465 e. The first-order valence-corrected chi connectivity index (χ1v) is 11.1. The lowest BCUT2D eigenvalue weighted by atomic mass is 10.0. The number of nitrogen functional groups attached to an aromatic ring is 1. The quantitative estimate of drug-likeness (QED) is 0.325. The van der Waals surface area contributed by atoms with E-state index in [2.05, 4.69) is 18.8 Å². The molecule has 5 nitrogen and oxygen atoms in total. The molecule has 0 saturated carbocycles. The summed E-state index contributed by atoms with van der Waals surface area (Å²) in [6.07, 6.45) is 6.20. The SMILES string of the molecule is CCCCC(CC)COC(=O)CCSc1cnc(N)c(Oc2ccc(F)c(F)c2)c1. The number of anilines is 1. The number of esters is 1. The molecule has 2 rings (SSSR count). The molecule has 0 saturated heterocycles. The zero-order chi connectivity index (χ0) is 21.9. The molecule has 8 heteroatoms. The van der Waals surface area contributed by atoms with E-state index in [0.29, 0.717) is 18.3 Å². The maximum atomic E-state index is 13.4. The second-order valence-corrected chi connectivity index (χ2v) is 8.10. The van der Waals surface area contributed by atoms with Crippen molar-refractivity contribution in [1.29, 1.82) is 0 Å². The van der Waals surface area contributed by atoms with Crippen molar-refractivity contribution < 1.29 is 23.0 Å². The first-order valence-electron chi connectivity index (χ1n) is 10.1. The van der Waals surface area contributed by atoms with E-state index in [-0.39, 0.29) is 29.7 Å². The van der Waals surface area contributed by atoms with Crippen molar-refractivity contribution in [2.24, 2.45) is 5.92 Å². The molecule has 0 spiro atoms. The Bertz CT molecular complexity index is 836. The third kappa shape index (κ3) is 7.82. The van der Waals surface area contributed by atoms with Gasteiger partial charge in [-0.3, -0.25) is 4.79 Å². The van der Waals surface area contributed by atoms with Gasteiger partial charge in [-0.2, -0.15) is 0 Å². The molecule has 1 aromatic heterocycles. The summed E-state index contributed by atoms with van der Waals surface area (Å²) in [6, 6.07) is 4.87. The fourth-order valence-electron chi connectivity index (χ4n) is 2.70. The minimum atomic E-state index is -1.01. The number of unbranched alkanes of at least 4 members (excludes halogenated alkanes) is 1. The Labute approximate surface area is 180 Å².